The number of anilines is 1. The van der Waals surface area contributed by atoms with Gasteiger partial charge in [0.05, 0.1) is 11.4 Å². The Balaban J connectivity index is 1.59. The number of imidazole rings is 1. The molecule has 0 saturated heterocycles. The van der Waals surface area contributed by atoms with Gasteiger partial charge in [-0.1, -0.05) is 17.7 Å². The molecule has 146 valence electrons. The van der Waals surface area contributed by atoms with E-state index in [9.17, 15) is 9.59 Å². The van der Waals surface area contributed by atoms with Crippen molar-refractivity contribution >= 4 is 23.2 Å². The second kappa shape index (κ2) is 7.40. The van der Waals surface area contributed by atoms with E-state index >= 15 is 0 Å². The van der Waals surface area contributed by atoms with Crippen LogP contribution in [-0.4, -0.2) is 30.2 Å². The lowest BCUT2D eigenvalue weighted by Crippen LogP contribution is -2.17. The van der Waals surface area contributed by atoms with Crippen LogP contribution in [0.5, 0.6) is 0 Å². The standard InChI is InChI=1S/C20H17ClN6O2/c1-12-11-22-20(29)26(12)17-5-3-4-15(10-17)24-19(28)18-23-13(2)27(25-18)16-8-6-14(21)7-9-16/h3-11H,1-2H3,(H,22,29)(H,24,28). The van der Waals surface area contributed by atoms with Crippen molar-refractivity contribution in [3.8, 4) is 11.4 Å². The number of aromatic amines is 1. The number of benzene rings is 2. The third-order valence-corrected chi connectivity index (χ3v) is 4.62. The minimum Gasteiger partial charge on any atom is -0.319 e. The predicted molar refractivity (Wildman–Crippen MR) is 110 cm³/mol. The quantitative estimate of drug-likeness (QED) is 0.541. The van der Waals surface area contributed by atoms with Crippen LogP contribution in [0, 0.1) is 13.8 Å². The van der Waals surface area contributed by atoms with E-state index in [2.05, 4.69) is 20.4 Å². The first-order valence-corrected chi connectivity index (χ1v) is 9.18. The van der Waals surface area contributed by atoms with Gasteiger partial charge in [0, 0.05) is 22.6 Å². The number of aromatic nitrogens is 5. The SMILES string of the molecule is Cc1nc(C(=O)Nc2cccc(-n3c(C)c[nH]c3=O)c2)nn1-c1ccc(Cl)cc1. The van der Waals surface area contributed by atoms with Gasteiger partial charge in [-0.25, -0.2) is 14.5 Å². The van der Waals surface area contributed by atoms with Gasteiger partial charge in [-0.15, -0.1) is 5.10 Å². The molecule has 0 saturated carbocycles. The zero-order valence-corrected chi connectivity index (χ0v) is 16.4. The molecular formula is C20H17ClN6O2. The Labute approximate surface area is 170 Å². The van der Waals surface area contributed by atoms with E-state index in [1.807, 2.05) is 6.92 Å². The Morgan fingerprint density at radius 1 is 1.10 bits per heavy atom. The highest BCUT2D eigenvalue weighted by atomic mass is 35.5. The first kappa shape index (κ1) is 18.7. The van der Waals surface area contributed by atoms with Crippen LogP contribution < -0.4 is 11.0 Å². The van der Waals surface area contributed by atoms with Gasteiger partial charge in [0.1, 0.15) is 5.82 Å². The zero-order valence-electron chi connectivity index (χ0n) is 15.7. The highest BCUT2D eigenvalue weighted by Gasteiger charge is 2.16. The largest absolute Gasteiger partial charge is 0.330 e. The van der Waals surface area contributed by atoms with Crippen molar-refractivity contribution in [2.45, 2.75) is 13.8 Å². The van der Waals surface area contributed by atoms with Crippen LogP contribution in [0.15, 0.2) is 59.5 Å². The smallest absolute Gasteiger partial charge is 0.319 e. The highest BCUT2D eigenvalue weighted by Crippen LogP contribution is 2.17. The molecule has 0 unspecified atom stereocenters. The summed E-state index contributed by atoms with van der Waals surface area (Å²) in [5.41, 5.74) is 2.44. The maximum atomic E-state index is 12.7. The molecule has 0 bridgehead atoms. The van der Waals surface area contributed by atoms with Gasteiger partial charge in [0.15, 0.2) is 0 Å². The molecule has 9 heteroatoms. The normalized spacial score (nSPS) is 10.9. The van der Waals surface area contributed by atoms with E-state index in [4.69, 9.17) is 11.6 Å². The van der Waals surface area contributed by atoms with Gasteiger partial charge in [-0.2, -0.15) is 0 Å². The topological polar surface area (TPSA) is 97.6 Å². The van der Waals surface area contributed by atoms with Crippen molar-refractivity contribution in [1.29, 1.82) is 0 Å². The van der Waals surface area contributed by atoms with E-state index < -0.39 is 5.91 Å². The Kier molecular flexibility index (Phi) is 4.77. The number of carbonyl (C=O) groups excluding carboxylic acids is 1. The number of carbonyl (C=O) groups is 1. The minimum atomic E-state index is -0.448. The lowest BCUT2D eigenvalue weighted by atomic mass is 10.2. The number of rotatable bonds is 4. The lowest BCUT2D eigenvalue weighted by Gasteiger charge is -2.07. The first-order valence-electron chi connectivity index (χ1n) is 8.81. The Bertz CT molecular complexity index is 1250. The summed E-state index contributed by atoms with van der Waals surface area (Å²) in [6.07, 6.45) is 1.63. The third-order valence-electron chi connectivity index (χ3n) is 4.37. The number of halogens is 1. The summed E-state index contributed by atoms with van der Waals surface area (Å²) in [5, 5.41) is 7.69. The van der Waals surface area contributed by atoms with Crippen molar-refractivity contribution in [3.63, 3.8) is 0 Å². The molecule has 4 aromatic rings. The molecule has 1 amide bonds. The van der Waals surface area contributed by atoms with E-state index in [1.54, 1.807) is 66.3 Å². The van der Waals surface area contributed by atoms with E-state index in [1.165, 1.54) is 4.57 Å². The predicted octanol–water partition coefficient (Wildman–Crippen LogP) is 3.27. The first-order chi connectivity index (χ1) is 13.9. The van der Waals surface area contributed by atoms with Crippen LogP contribution in [0.1, 0.15) is 22.1 Å². The van der Waals surface area contributed by atoms with E-state index in [0.717, 1.165) is 11.4 Å². The summed E-state index contributed by atoms with van der Waals surface area (Å²) in [5.74, 6) is 0.162. The molecule has 0 aliphatic heterocycles. The lowest BCUT2D eigenvalue weighted by molar-refractivity contribution is 0.101. The third kappa shape index (κ3) is 3.70. The van der Waals surface area contributed by atoms with Gasteiger partial charge in [-0.3, -0.25) is 9.36 Å². The number of nitrogens with zero attached hydrogens (tertiary/aromatic N) is 4. The fraction of sp³-hybridized carbons (Fsp3) is 0.100. The number of H-pyrrole nitrogens is 1. The van der Waals surface area contributed by atoms with Crippen molar-refractivity contribution in [2.75, 3.05) is 5.32 Å². The average Bonchev–Trinajstić information content (AvgIpc) is 3.25. The maximum Gasteiger partial charge on any atom is 0.330 e. The van der Waals surface area contributed by atoms with Gasteiger partial charge in [0.25, 0.3) is 5.91 Å². The molecule has 2 N–H and O–H groups in total. The molecule has 29 heavy (non-hydrogen) atoms. The number of hydrogen-bond donors (Lipinski definition) is 2. The van der Waals surface area contributed by atoms with Crippen LogP contribution in [-0.2, 0) is 0 Å². The molecule has 0 spiro atoms. The molecule has 0 fully saturated rings. The fourth-order valence-corrected chi connectivity index (χ4v) is 3.13. The summed E-state index contributed by atoms with van der Waals surface area (Å²) in [6, 6.07) is 14.1. The number of nitrogens with one attached hydrogen (secondary N) is 2. The molecule has 0 radical (unpaired) electrons. The molecule has 8 nitrogen and oxygen atoms in total. The van der Waals surface area contributed by atoms with Crippen LogP contribution in [0.2, 0.25) is 5.02 Å². The van der Waals surface area contributed by atoms with Crippen molar-refractivity contribution < 1.29 is 4.79 Å². The summed E-state index contributed by atoms with van der Waals surface area (Å²) >= 11 is 5.92. The highest BCUT2D eigenvalue weighted by molar-refractivity contribution is 6.30. The van der Waals surface area contributed by atoms with Crippen LogP contribution in [0.3, 0.4) is 0 Å². The molecule has 2 heterocycles. The molecule has 0 atom stereocenters. The second-order valence-corrected chi connectivity index (χ2v) is 6.88. The second-order valence-electron chi connectivity index (χ2n) is 6.45. The fourth-order valence-electron chi connectivity index (χ4n) is 3.00. The number of aryl methyl sites for hydroxylation is 2. The molecule has 0 aliphatic carbocycles. The summed E-state index contributed by atoms with van der Waals surface area (Å²) < 4.78 is 3.09. The summed E-state index contributed by atoms with van der Waals surface area (Å²) in [6.45, 7) is 3.58. The van der Waals surface area contributed by atoms with Gasteiger partial charge >= 0.3 is 5.69 Å². The summed E-state index contributed by atoms with van der Waals surface area (Å²) in [4.78, 5) is 31.5. The average molecular weight is 409 g/mol. The maximum absolute atomic E-state index is 12.7. The van der Waals surface area contributed by atoms with Gasteiger partial charge < -0.3 is 10.3 Å². The minimum absolute atomic E-state index is 0.0397. The van der Waals surface area contributed by atoms with Gasteiger partial charge in [-0.05, 0) is 56.3 Å². The molecule has 2 aromatic carbocycles. The molecule has 0 aliphatic rings. The Hall–Kier alpha value is -3.65. The van der Waals surface area contributed by atoms with Crippen LogP contribution in [0.25, 0.3) is 11.4 Å². The summed E-state index contributed by atoms with van der Waals surface area (Å²) in [7, 11) is 0. The Morgan fingerprint density at radius 3 is 2.55 bits per heavy atom. The monoisotopic (exact) mass is 408 g/mol. The Morgan fingerprint density at radius 2 is 1.86 bits per heavy atom. The number of amides is 1. The molecular weight excluding hydrogens is 392 g/mol. The van der Waals surface area contributed by atoms with Gasteiger partial charge in [0.2, 0.25) is 5.82 Å². The van der Waals surface area contributed by atoms with Crippen LogP contribution >= 0.6 is 11.6 Å². The zero-order chi connectivity index (χ0) is 20.5. The van der Waals surface area contributed by atoms with E-state index in [0.29, 0.717) is 22.2 Å². The molecule has 2 aromatic heterocycles. The van der Waals surface area contributed by atoms with E-state index in [-0.39, 0.29) is 11.5 Å². The molecule has 4 rings (SSSR count). The number of hydrogen-bond acceptors (Lipinski definition) is 4. The van der Waals surface area contributed by atoms with Crippen molar-refractivity contribution in [1.82, 2.24) is 24.3 Å². The van der Waals surface area contributed by atoms with Crippen LogP contribution in [0.4, 0.5) is 5.69 Å². The van der Waals surface area contributed by atoms with Crippen molar-refractivity contribution in [2.24, 2.45) is 0 Å². The van der Waals surface area contributed by atoms with Crippen molar-refractivity contribution in [3.05, 3.63) is 87.6 Å².